The van der Waals surface area contributed by atoms with E-state index in [9.17, 15) is 8.42 Å². The van der Waals surface area contributed by atoms with Crippen LogP contribution in [0, 0.1) is 0 Å². The molecule has 1 unspecified atom stereocenters. The van der Waals surface area contributed by atoms with Gasteiger partial charge in [0.05, 0.1) is 22.0 Å². The number of anilines is 1. The Morgan fingerprint density at radius 1 is 1.39 bits per heavy atom. The third kappa shape index (κ3) is 1.77. The summed E-state index contributed by atoms with van der Waals surface area (Å²) in [6, 6.07) is 7.60. The molecule has 1 fully saturated rings. The quantitative estimate of drug-likeness (QED) is 0.885. The maximum atomic E-state index is 11.9. The fraction of sp³-hybridized carbons (Fsp3) is 0.417. The number of hydrogen-bond acceptors (Lipinski definition) is 4. The normalized spacial score (nSPS) is 22.6. The zero-order valence-corrected chi connectivity index (χ0v) is 10.7. The third-order valence-corrected chi connectivity index (χ3v) is 5.79. The van der Waals surface area contributed by atoms with Crippen molar-refractivity contribution >= 4 is 26.8 Å². The zero-order chi connectivity index (χ0) is 12.8. The maximum absolute atomic E-state index is 11.9. The molecule has 5 nitrogen and oxygen atoms in total. The molecule has 0 radical (unpaired) electrons. The van der Waals surface area contributed by atoms with E-state index in [1.54, 1.807) is 0 Å². The number of rotatable bonds is 2. The van der Waals surface area contributed by atoms with Crippen LogP contribution in [0.4, 0.5) is 5.95 Å². The zero-order valence-electron chi connectivity index (χ0n) is 9.91. The SMILES string of the molecule is Nc1nc2ccccc2n1CC1CCCS1(=O)=O. The van der Waals surface area contributed by atoms with Gasteiger partial charge < -0.3 is 10.3 Å². The first-order chi connectivity index (χ1) is 8.58. The molecule has 1 atom stereocenters. The van der Waals surface area contributed by atoms with Gasteiger partial charge in [0.15, 0.2) is 9.84 Å². The monoisotopic (exact) mass is 265 g/mol. The lowest BCUT2D eigenvalue weighted by atomic mass is 10.2. The van der Waals surface area contributed by atoms with Gasteiger partial charge in [-0.05, 0) is 25.0 Å². The van der Waals surface area contributed by atoms with Crippen molar-refractivity contribution in [1.82, 2.24) is 9.55 Å². The number of hydrogen-bond donors (Lipinski definition) is 1. The summed E-state index contributed by atoms with van der Waals surface area (Å²) in [6.45, 7) is 0.411. The van der Waals surface area contributed by atoms with Gasteiger partial charge >= 0.3 is 0 Å². The van der Waals surface area contributed by atoms with Gasteiger partial charge in [-0.1, -0.05) is 12.1 Å². The molecule has 6 heteroatoms. The molecule has 96 valence electrons. The van der Waals surface area contributed by atoms with E-state index in [-0.39, 0.29) is 5.25 Å². The first-order valence-corrected chi connectivity index (χ1v) is 7.72. The van der Waals surface area contributed by atoms with Crippen molar-refractivity contribution < 1.29 is 8.42 Å². The standard InChI is InChI=1S/C12H15N3O2S/c13-12-14-10-5-1-2-6-11(10)15(12)8-9-4-3-7-18(9,16)17/h1-2,5-6,9H,3-4,7-8H2,(H2,13,14). The number of nitrogen functional groups attached to an aromatic ring is 1. The summed E-state index contributed by atoms with van der Waals surface area (Å²) < 4.78 is 25.5. The average molecular weight is 265 g/mol. The molecule has 2 N–H and O–H groups in total. The van der Waals surface area contributed by atoms with Crippen LogP contribution in [0.3, 0.4) is 0 Å². The average Bonchev–Trinajstić information content (AvgIpc) is 2.81. The van der Waals surface area contributed by atoms with Gasteiger partial charge in [-0.15, -0.1) is 0 Å². The highest BCUT2D eigenvalue weighted by Gasteiger charge is 2.32. The Morgan fingerprint density at radius 3 is 2.89 bits per heavy atom. The molecule has 1 aromatic heterocycles. The number of benzene rings is 1. The van der Waals surface area contributed by atoms with Gasteiger partial charge in [0.25, 0.3) is 0 Å². The van der Waals surface area contributed by atoms with E-state index in [0.29, 0.717) is 24.7 Å². The van der Waals surface area contributed by atoms with Crippen molar-refractivity contribution in [2.75, 3.05) is 11.5 Å². The number of aromatic nitrogens is 2. The van der Waals surface area contributed by atoms with Crippen LogP contribution in [0.15, 0.2) is 24.3 Å². The molecular formula is C12H15N3O2S. The second-order valence-electron chi connectivity index (χ2n) is 4.70. The van der Waals surface area contributed by atoms with E-state index in [2.05, 4.69) is 4.98 Å². The van der Waals surface area contributed by atoms with Gasteiger partial charge in [-0.2, -0.15) is 0 Å². The molecule has 1 aromatic carbocycles. The van der Waals surface area contributed by atoms with Crippen LogP contribution >= 0.6 is 0 Å². The topological polar surface area (TPSA) is 78.0 Å². The van der Waals surface area contributed by atoms with E-state index < -0.39 is 9.84 Å². The Morgan fingerprint density at radius 2 is 2.17 bits per heavy atom. The van der Waals surface area contributed by atoms with Gasteiger partial charge in [-0.25, -0.2) is 13.4 Å². The van der Waals surface area contributed by atoms with Crippen molar-refractivity contribution in [2.45, 2.75) is 24.6 Å². The Bertz CT molecular complexity index is 690. The number of fused-ring (bicyclic) bond motifs is 1. The number of nitrogens with two attached hydrogens (primary N) is 1. The Kier molecular flexibility index (Phi) is 2.55. The molecule has 1 aliphatic heterocycles. The minimum absolute atomic E-state index is 0.296. The highest BCUT2D eigenvalue weighted by atomic mass is 32.2. The molecular weight excluding hydrogens is 250 g/mol. The first kappa shape index (κ1) is 11.5. The summed E-state index contributed by atoms with van der Waals surface area (Å²) >= 11 is 0. The minimum atomic E-state index is -2.95. The van der Waals surface area contributed by atoms with Crippen molar-refractivity contribution in [3.05, 3.63) is 24.3 Å². The van der Waals surface area contributed by atoms with Gasteiger partial charge in [-0.3, -0.25) is 0 Å². The predicted octanol–water partition coefficient (Wildman–Crippen LogP) is 1.20. The van der Waals surface area contributed by atoms with E-state index in [1.807, 2.05) is 28.8 Å². The second-order valence-corrected chi connectivity index (χ2v) is 7.10. The van der Waals surface area contributed by atoms with Crippen molar-refractivity contribution in [3.8, 4) is 0 Å². The Labute approximate surface area is 106 Å². The summed E-state index contributed by atoms with van der Waals surface area (Å²) in [5, 5.41) is -0.322. The summed E-state index contributed by atoms with van der Waals surface area (Å²) in [4.78, 5) is 4.25. The smallest absolute Gasteiger partial charge is 0.201 e. The lowest BCUT2D eigenvalue weighted by Crippen LogP contribution is -2.23. The van der Waals surface area contributed by atoms with Crippen LogP contribution in [0.5, 0.6) is 0 Å². The summed E-state index contributed by atoms with van der Waals surface area (Å²) in [7, 11) is -2.95. The highest BCUT2D eigenvalue weighted by Crippen LogP contribution is 2.25. The molecule has 2 aromatic rings. The van der Waals surface area contributed by atoms with E-state index in [4.69, 9.17) is 5.73 Å². The number of nitrogens with zero attached hydrogens (tertiary/aromatic N) is 2. The van der Waals surface area contributed by atoms with Crippen LogP contribution in [0.1, 0.15) is 12.8 Å². The van der Waals surface area contributed by atoms with Crippen molar-refractivity contribution in [3.63, 3.8) is 0 Å². The predicted molar refractivity (Wildman–Crippen MR) is 71.0 cm³/mol. The van der Waals surface area contributed by atoms with Gasteiger partial charge in [0.1, 0.15) is 0 Å². The largest absolute Gasteiger partial charge is 0.369 e. The molecule has 0 spiro atoms. The molecule has 0 saturated carbocycles. The highest BCUT2D eigenvalue weighted by molar-refractivity contribution is 7.92. The molecule has 3 rings (SSSR count). The number of imidazole rings is 1. The lowest BCUT2D eigenvalue weighted by Gasteiger charge is -2.12. The third-order valence-electron chi connectivity index (χ3n) is 3.53. The molecule has 1 aliphatic rings. The Balaban J connectivity index is 2.03. The molecule has 0 bridgehead atoms. The fourth-order valence-electron chi connectivity index (χ4n) is 2.55. The van der Waals surface area contributed by atoms with E-state index in [0.717, 1.165) is 17.5 Å². The molecule has 18 heavy (non-hydrogen) atoms. The summed E-state index contributed by atoms with van der Waals surface area (Å²) in [5.41, 5.74) is 7.59. The summed E-state index contributed by atoms with van der Waals surface area (Å²) in [5.74, 6) is 0.683. The maximum Gasteiger partial charge on any atom is 0.201 e. The molecule has 0 amide bonds. The van der Waals surface area contributed by atoms with E-state index >= 15 is 0 Å². The number of para-hydroxylation sites is 2. The van der Waals surface area contributed by atoms with Gasteiger partial charge in [0, 0.05) is 6.54 Å². The van der Waals surface area contributed by atoms with Crippen LogP contribution in [0.25, 0.3) is 11.0 Å². The van der Waals surface area contributed by atoms with Crippen LogP contribution in [-0.2, 0) is 16.4 Å². The molecule has 0 aliphatic carbocycles. The fourth-order valence-corrected chi connectivity index (χ4v) is 4.36. The summed E-state index contributed by atoms with van der Waals surface area (Å²) in [6.07, 6.45) is 1.47. The van der Waals surface area contributed by atoms with Crippen LogP contribution < -0.4 is 5.73 Å². The van der Waals surface area contributed by atoms with E-state index in [1.165, 1.54) is 0 Å². The molecule has 1 saturated heterocycles. The number of sulfone groups is 1. The second kappa shape index (κ2) is 3.98. The minimum Gasteiger partial charge on any atom is -0.369 e. The van der Waals surface area contributed by atoms with Crippen LogP contribution in [0.2, 0.25) is 0 Å². The lowest BCUT2D eigenvalue weighted by molar-refractivity contribution is 0.571. The van der Waals surface area contributed by atoms with Crippen LogP contribution in [-0.4, -0.2) is 29.0 Å². The van der Waals surface area contributed by atoms with Crippen molar-refractivity contribution in [1.29, 1.82) is 0 Å². The van der Waals surface area contributed by atoms with Gasteiger partial charge in [0.2, 0.25) is 5.95 Å². The Hall–Kier alpha value is -1.56. The molecule has 2 heterocycles. The first-order valence-electron chi connectivity index (χ1n) is 6.00. The van der Waals surface area contributed by atoms with Crippen molar-refractivity contribution in [2.24, 2.45) is 0 Å².